The first kappa shape index (κ1) is 34.0. The van der Waals surface area contributed by atoms with E-state index in [0.29, 0.717) is 44.2 Å². The van der Waals surface area contributed by atoms with E-state index in [1.54, 1.807) is 24.3 Å². The van der Waals surface area contributed by atoms with Gasteiger partial charge in [0, 0.05) is 31.7 Å². The number of benzene rings is 1. The highest BCUT2D eigenvalue weighted by atomic mass is 17.0. The molecule has 1 saturated carbocycles. The number of carbonyl (C=O) groups is 2. The van der Waals surface area contributed by atoms with Gasteiger partial charge in [0.25, 0.3) is 5.09 Å². The van der Waals surface area contributed by atoms with Crippen molar-refractivity contribution in [3.05, 3.63) is 64.2 Å². The maximum atomic E-state index is 12.5. The number of nitrogens with one attached hydrogen (secondary N) is 1. The van der Waals surface area contributed by atoms with Crippen molar-refractivity contribution >= 4 is 11.9 Å². The normalized spacial score (nSPS) is 21.3. The molecule has 0 aliphatic heterocycles. The Morgan fingerprint density at radius 2 is 1.90 bits per heavy atom. The fraction of sp³-hybridized carbons (Fsp3) is 0.613. The molecule has 228 valence electrons. The second-order valence-electron chi connectivity index (χ2n) is 10.5. The van der Waals surface area contributed by atoms with Gasteiger partial charge in [0.15, 0.2) is 0 Å². The van der Waals surface area contributed by atoms with Crippen LogP contribution in [0.2, 0.25) is 0 Å². The lowest BCUT2D eigenvalue weighted by molar-refractivity contribution is -0.711. The Kier molecular flexibility index (Phi) is 15.7. The molecule has 0 saturated heterocycles. The predicted molar refractivity (Wildman–Crippen MR) is 155 cm³/mol. The monoisotopic (exact) mass is 574 g/mol. The van der Waals surface area contributed by atoms with Crippen molar-refractivity contribution in [3.63, 3.8) is 0 Å². The quantitative estimate of drug-likeness (QED) is 0.0698. The highest BCUT2D eigenvalue weighted by Crippen LogP contribution is 2.36. The summed E-state index contributed by atoms with van der Waals surface area (Å²) in [5, 5.41) is 34.1. The van der Waals surface area contributed by atoms with Crippen LogP contribution in [0.25, 0.3) is 0 Å². The summed E-state index contributed by atoms with van der Waals surface area (Å²) in [6.45, 7) is 4.56. The Morgan fingerprint density at radius 3 is 2.63 bits per heavy atom. The van der Waals surface area contributed by atoms with E-state index in [2.05, 4.69) is 12.2 Å². The van der Waals surface area contributed by atoms with Gasteiger partial charge in [0.05, 0.1) is 12.2 Å². The molecular formula is C31H46N2O8. The van der Waals surface area contributed by atoms with Crippen molar-refractivity contribution < 1.29 is 34.5 Å². The summed E-state index contributed by atoms with van der Waals surface area (Å²) in [5.74, 6) is -0.661. The van der Waals surface area contributed by atoms with Crippen molar-refractivity contribution in [1.82, 2.24) is 5.32 Å². The number of rotatable bonds is 19. The largest absolute Gasteiger partial charge is 0.458 e. The van der Waals surface area contributed by atoms with Crippen molar-refractivity contribution in [2.24, 2.45) is 11.8 Å². The molecule has 2 rings (SSSR count). The van der Waals surface area contributed by atoms with Crippen LogP contribution in [0.1, 0.15) is 83.6 Å². The van der Waals surface area contributed by atoms with Gasteiger partial charge in [-0.15, -0.1) is 10.1 Å². The number of hydrogen-bond acceptors (Lipinski definition) is 8. The molecule has 3 N–H and O–H groups in total. The van der Waals surface area contributed by atoms with Crippen molar-refractivity contribution in [2.75, 3.05) is 6.54 Å². The molecule has 5 atom stereocenters. The van der Waals surface area contributed by atoms with Crippen LogP contribution in [-0.4, -0.2) is 52.0 Å². The Bertz CT molecular complexity index is 1010. The second kappa shape index (κ2) is 19.0. The maximum Gasteiger partial charge on any atom is 0.306 e. The molecule has 1 aromatic carbocycles. The molecule has 1 fully saturated rings. The number of para-hydroxylation sites is 1. The van der Waals surface area contributed by atoms with Crippen LogP contribution in [0.5, 0.6) is 5.75 Å². The maximum absolute atomic E-state index is 12.5. The van der Waals surface area contributed by atoms with Crippen LogP contribution in [0.3, 0.4) is 0 Å². The van der Waals surface area contributed by atoms with E-state index in [1.807, 2.05) is 25.2 Å². The molecule has 1 aliphatic carbocycles. The van der Waals surface area contributed by atoms with Gasteiger partial charge in [0.2, 0.25) is 5.91 Å². The molecule has 0 aromatic heterocycles. The fourth-order valence-corrected chi connectivity index (χ4v) is 5.11. The third kappa shape index (κ3) is 12.9. The lowest BCUT2D eigenvalue weighted by Crippen LogP contribution is -2.22. The van der Waals surface area contributed by atoms with E-state index in [1.165, 1.54) is 6.07 Å². The smallest absolute Gasteiger partial charge is 0.306 e. The van der Waals surface area contributed by atoms with Crippen LogP contribution >= 0.6 is 0 Å². The number of ether oxygens (including phenoxy) is 1. The van der Waals surface area contributed by atoms with E-state index < -0.39 is 23.4 Å². The number of amides is 1. The lowest BCUT2D eigenvalue weighted by Gasteiger charge is -2.21. The number of carbonyl (C=O) groups excluding carboxylic acids is 2. The molecule has 10 heteroatoms. The minimum absolute atomic E-state index is 0.0369. The van der Waals surface area contributed by atoms with Crippen LogP contribution in [0, 0.1) is 22.0 Å². The van der Waals surface area contributed by atoms with Crippen LogP contribution in [-0.2, 0) is 20.7 Å². The molecule has 0 bridgehead atoms. The Balaban J connectivity index is 2.06. The van der Waals surface area contributed by atoms with Crippen molar-refractivity contribution in [3.8, 4) is 5.75 Å². The summed E-state index contributed by atoms with van der Waals surface area (Å²) in [6.07, 6.45) is 12.1. The summed E-state index contributed by atoms with van der Waals surface area (Å²) in [7, 11) is 0. The average Bonchev–Trinajstić information content (AvgIpc) is 3.19. The number of nitrogens with zero attached hydrogens (tertiary/aromatic N) is 1. The predicted octanol–water partition coefficient (Wildman–Crippen LogP) is 4.85. The lowest BCUT2D eigenvalue weighted by atomic mass is 9.89. The average molecular weight is 575 g/mol. The number of aryl methyl sites for hydroxylation is 1. The summed E-state index contributed by atoms with van der Waals surface area (Å²) in [6, 6.07) is 6.67. The number of aliphatic hydroxyl groups excluding tert-OH is 2. The van der Waals surface area contributed by atoms with Crippen LogP contribution < -0.4 is 10.2 Å². The minimum atomic E-state index is -0.853. The van der Waals surface area contributed by atoms with Gasteiger partial charge in [-0.05, 0) is 69.1 Å². The molecular weight excluding hydrogens is 528 g/mol. The van der Waals surface area contributed by atoms with E-state index in [-0.39, 0.29) is 35.9 Å². The van der Waals surface area contributed by atoms with Crippen LogP contribution in [0.15, 0.2) is 48.6 Å². The molecule has 1 amide bonds. The first-order chi connectivity index (χ1) is 19.7. The van der Waals surface area contributed by atoms with Crippen molar-refractivity contribution in [2.45, 2.75) is 103 Å². The topological polar surface area (TPSA) is 148 Å². The molecule has 1 aliphatic rings. The van der Waals surface area contributed by atoms with Crippen molar-refractivity contribution in [1.29, 1.82) is 0 Å². The van der Waals surface area contributed by atoms with E-state index in [9.17, 15) is 29.9 Å². The van der Waals surface area contributed by atoms with Gasteiger partial charge in [-0.1, -0.05) is 56.2 Å². The summed E-state index contributed by atoms with van der Waals surface area (Å²) in [5.41, 5.74) is 0.621. The molecule has 0 heterocycles. The zero-order valence-electron chi connectivity index (χ0n) is 24.3. The van der Waals surface area contributed by atoms with Gasteiger partial charge in [-0.25, -0.2) is 0 Å². The third-order valence-electron chi connectivity index (χ3n) is 7.30. The van der Waals surface area contributed by atoms with Gasteiger partial charge in [0.1, 0.15) is 11.9 Å². The standard InChI is InChI=1S/C31H46N2O8/c1-3-5-8-17-31(37)40-24(19-18-23-13-11-12-15-29(23)41-33(38)39)20-21-26-25(27(34)22-28(26)35)14-9-6-7-10-16-30(36)32-4-2/h6,9,11-13,15,20-21,24-28,34-35H,3-5,7-8,10,14,16-19,22H2,1-2H3,(H,32,36)/b9-6-,21-20+/t24-,25+,26+,27-,28+/m0/s1. The number of unbranched alkanes of at least 4 members (excludes halogenated alkanes) is 3. The second-order valence-corrected chi connectivity index (χ2v) is 10.5. The Morgan fingerprint density at radius 1 is 1.12 bits per heavy atom. The summed E-state index contributed by atoms with van der Waals surface area (Å²) < 4.78 is 5.77. The van der Waals surface area contributed by atoms with E-state index in [0.717, 1.165) is 32.1 Å². The van der Waals surface area contributed by atoms with Gasteiger partial charge >= 0.3 is 5.97 Å². The number of esters is 1. The van der Waals surface area contributed by atoms with E-state index >= 15 is 0 Å². The molecule has 1 aromatic rings. The molecule has 0 spiro atoms. The summed E-state index contributed by atoms with van der Waals surface area (Å²) >= 11 is 0. The fourth-order valence-electron chi connectivity index (χ4n) is 5.11. The Labute approximate surface area is 242 Å². The third-order valence-corrected chi connectivity index (χ3v) is 7.30. The molecule has 0 unspecified atom stereocenters. The Hall–Kier alpha value is -3.24. The van der Waals surface area contributed by atoms with Gasteiger partial charge < -0.3 is 20.3 Å². The molecule has 10 nitrogen and oxygen atoms in total. The SMILES string of the molecule is CCCCCC(=O)O[C@H](/C=C/[C@@H]1[C@@H](C/C=C\CCCC(=O)NCC)[C@@H](O)C[C@H]1O)CCc1ccccc1O[N+](=O)[O-]. The van der Waals surface area contributed by atoms with E-state index in [4.69, 9.17) is 9.57 Å². The number of hydrogen-bond donors (Lipinski definition) is 3. The zero-order chi connectivity index (χ0) is 30.0. The first-order valence-corrected chi connectivity index (χ1v) is 14.8. The van der Waals surface area contributed by atoms with Gasteiger partial charge in [-0.2, -0.15) is 0 Å². The van der Waals surface area contributed by atoms with Gasteiger partial charge in [-0.3, -0.25) is 14.4 Å². The molecule has 0 radical (unpaired) electrons. The number of aliphatic hydroxyl groups is 2. The molecule has 41 heavy (non-hydrogen) atoms. The number of allylic oxidation sites excluding steroid dienone is 2. The highest BCUT2D eigenvalue weighted by Gasteiger charge is 2.39. The first-order valence-electron chi connectivity index (χ1n) is 14.8. The zero-order valence-corrected chi connectivity index (χ0v) is 24.3. The minimum Gasteiger partial charge on any atom is -0.458 e. The highest BCUT2D eigenvalue weighted by molar-refractivity contribution is 5.75. The van der Waals surface area contributed by atoms with Crippen LogP contribution in [0.4, 0.5) is 0 Å². The summed E-state index contributed by atoms with van der Waals surface area (Å²) in [4.78, 5) is 39.7.